The van der Waals surface area contributed by atoms with Crippen LogP contribution in [0.1, 0.15) is 29.4 Å². The van der Waals surface area contributed by atoms with Gasteiger partial charge < -0.3 is 15.2 Å². The van der Waals surface area contributed by atoms with Crippen LogP contribution < -0.4 is 10.1 Å². The maximum atomic E-state index is 11.6. The van der Waals surface area contributed by atoms with Crippen LogP contribution in [-0.2, 0) is 0 Å². The molecule has 2 N–H and O–H groups in total. The Morgan fingerprint density at radius 2 is 2.44 bits per heavy atom. The number of carbonyl (C=O) groups is 1. The zero-order valence-electron chi connectivity index (χ0n) is 9.53. The Labute approximate surface area is 99.2 Å². The number of ether oxygens (including phenoxy) is 1. The van der Waals surface area contributed by atoms with Gasteiger partial charge in [0.15, 0.2) is 0 Å². The van der Waals surface area contributed by atoms with Crippen LogP contribution in [0.2, 0.25) is 0 Å². The van der Waals surface area contributed by atoms with E-state index in [-0.39, 0.29) is 5.91 Å². The van der Waals surface area contributed by atoms with Gasteiger partial charge in [0, 0.05) is 18.0 Å². The Morgan fingerprint density at radius 1 is 1.69 bits per heavy atom. The highest BCUT2D eigenvalue weighted by Crippen LogP contribution is 2.20. The van der Waals surface area contributed by atoms with E-state index in [1.54, 1.807) is 18.6 Å². The Balaban J connectivity index is 2.40. The molecular weight excluding hydrogens is 226 g/mol. The fraction of sp³-hybridized carbons (Fsp3) is 0.545. The number of hydrogen-bond donors (Lipinski definition) is 2. The van der Waals surface area contributed by atoms with Crippen LogP contribution in [-0.4, -0.2) is 30.8 Å². The van der Waals surface area contributed by atoms with Gasteiger partial charge in [-0.25, -0.2) is 0 Å². The van der Waals surface area contributed by atoms with E-state index in [0.717, 1.165) is 6.42 Å². The van der Waals surface area contributed by atoms with E-state index in [2.05, 4.69) is 5.32 Å². The van der Waals surface area contributed by atoms with Crippen molar-refractivity contribution in [2.45, 2.75) is 25.9 Å². The molecule has 0 saturated heterocycles. The summed E-state index contributed by atoms with van der Waals surface area (Å²) in [5.74, 6) is 0.521. The first-order valence-electron chi connectivity index (χ1n) is 5.26. The molecule has 1 amide bonds. The van der Waals surface area contributed by atoms with Gasteiger partial charge in [0.2, 0.25) is 0 Å². The van der Waals surface area contributed by atoms with Crippen LogP contribution in [0, 0.1) is 0 Å². The summed E-state index contributed by atoms with van der Waals surface area (Å²) in [4.78, 5) is 12.2. The third kappa shape index (κ3) is 3.83. The van der Waals surface area contributed by atoms with Crippen molar-refractivity contribution in [3.8, 4) is 5.75 Å². The van der Waals surface area contributed by atoms with E-state index in [0.29, 0.717) is 23.6 Å². The molecule has 1 atom stereocenters. The summed E-state index contributed by atoms with van der Waals surface area (Å²) in [5.41, 5.74) is 0. The van der Waals surface area contributed by atoms with Crippen LogP contribution in [0.25, 0.3) is 0 Å². The first-order valence-corrected chi connectivity index (χ1v) is 6.14. The van der Waals surface area contributed by atoms with Crippen molar-refractivity contribution in [1.82, 2.24) is 5.32 Å². The van der Waals surface area contributed by atoms with Crippen LogP contribution in [0.3, 0.4) is 0 Å². The minimum Gasteiger partial charge on any atom is -0.496 e. The third-order valence-electron chi connectivity index (χ3n) is 2.16. The lowest BCUT2D eigenvalue weighted by Gasteiger charge is -2.09. The van der Waals surface area contributed by atoms with Crippen LogP contribution in [0.15, 0.2) is 11.4 Å². The standard InChI is InChI=1S/C11H17NO3S/c1-3-4-8(13)6-12-11(14)10-5-9(15-2)7-16-10/h5,7-8,13H,3-4,6H2,1-2H3,(H,12,14). The average molecular weight is 243 g/mol. The summed E-state index contributed by atoms with van der Waals surface area (Å²) < 4.78 is 4.99. The molecule has 0 aliphatic heterocycles. The number of hydrogen-bond acceptors (Lipinski definition) is 4. The van der Waals surface area contributed by atoms with Crippen molar-refractivity contribution < 1.29 is 14.6 Å². The number of carbonyl (C=O) groups excluding carboxylic acids is 1. The Morgan fingerprint density at radius 3 is 3.00 bits per heavy atom. The minimum absolute atomic E-state index is 0.163. The van der Waals surface area contributed by atoms with Gasteiger partial charge in [-0.2, -0.15) is 0 Å². The van der Waals surface area contributed by atoms with Crippen LogP contribution in [0.5, 0.6) is 5.75 Å². The third-order valence-corrected chi connectivity index (χ3v) is 3.06. The molecule has 90 valence electrons. The number of nitrogens with one attached hydrogen (secondary N) is 1. The summed E-state index contributed by atoms with van der Waals surface area (Å²) in [7, 11) is 1.56. The number of aliphatic hydroxyl groups excluding tert-OH is 1. The number of rotatable bonds is 6. The summed E-state index contributed by atoms with van der Waals surface area (Å²) in [5, 5.41) is 13.9. The second kappa shape index (κ2) is 6.50. The van der Waals surface area contributed by atoms with Gasteiger partial charge in [0.1, 0.15) is 5.75 Å². The predicted octanol–water partition coefficient (Wildman–Crippen LogP) is 1.65. The molecule has 1 heterocycles. The molecule has 1 rings (SSSR count). The second-order valence-electron chi connectivity index (χ2n) is 3.50. The highest BCUT2D eigenvalue weighted by Gasteiger charge is 2.10. The molecule has 0 aliphatic rings. The Hall–Kier alpha value is -1.07. The van der Waals surface area contributed by atoms with Crippen molar-refractivity contribution in [3.63, 3.8) is 0 Å². The van der Waals surface area contributed by atoms with E-state index < -0.39 is 6.10 Å². The zero-order valence-corrected chi connectivity index (χ0v) is 10.3. The lowest BCUT2D eigenvalue weighted by molar-refractivity contribution is 0.0914. The molecule has 0 aliphatic carbocycles. The Bertz CT molecular complexity index is 338. The molecule has 1 aromatic rings. The van der Waals surface area contributed by atoms with Gasteiger partial charge in [-0.3, -0.25) is 4.79 Å². The van der Waals surface area contributed by atoms with Crippen LogP contribution in [0.4, 0.5) is 0 Å². The van der Waals surface area contributed by atoms with Crippen molar-refractivity contribution in [2.75, 3.05) is 13.7 Å². The molecule has 4 nitrogen and oxygen atoms in total. The van der Waals surface area contributed by atoms with E-state index in [4.69, 9.17) is 4.74 Å². The summed E-state index contributed by atoms with van der Waals surface area (Å²) >= 11 is 1.33. The molecule has 0 bridgehead atoms. The topological polar surface area (TPSA) is 58.6 Å². The molecule has 0 spiro atoms. The fourth-order valence-corrected chi connectivity index (χ4v) is 2.05. The summed E-state index contributed by atoms with van der Waals surface area (Å²) in [6.45, 7) is 2.29. The van der Waals surface area contributed by atoms with Gasteiger partial charge in [0.05, 0.1) is 18.1 Å². The molecule has 16 heavy (non-hydrogen) atoms. The minimum atomic E-state index is -0.462. The van der Waals surface area contributed by atoms with Gasteiger partial charge in [-0.15, -0.1) is 11.3 Å². The molecular formula is C11H17NO3S. The van der Waals surface area contributed by atoms with Gasteiger partial charge in [-0.05, 0) is 6.42 Å². The largest absolute Gasteiger partial charge is 0.496 e. The monoisotopic (exact) mass is 243 g/mol. The lowest BCUT2D eigenvalue weighted by atomic mass is 10.2. The molecule has 1 aromatic heterocycles. The lowest BCUT2D eigenvalue weighted by Crippen LogP contribution is -2.31. The van der Waals surface area contributed by atoms with Crippen LogP contribution >= 0.6 is 11.3 Å². The average Bonchev–Trinajstić information content (AvgIpc) is 2.75. The normalized spacial score (nSPS) is 12.2. The van der Waals surface area contributed by atoms with E-state index >= 15 is 0 Å². The van der Waals surface area contributed by atoms with Crippen molar-refractivity contribution >= 4 is 17.2 Å². The first-order chi connectivity index (χ1) is 7.67. The quantitative estimate of drug-likeness (QED) is 0.798. The van der Waals surface area contributed by atoms with Gasteiger partial charge in [0.25, 0.3) is 5.91 Å². The predicted molar refractivity (Wildman–Crippen MR) is 64.1 cm³/mol. The number of methoxy groups -OCH3 is 1. The van der Waals surface area contributed by atoms with E-state index in [9.17, 15) is 9.90 Å². The SMILES string of the molecule is CCCC(O)CNC(=O)c1cc(OC)cs1. The van der Waals surface area contributed by atoms with Crippen molar-refractivity contribution in [3.05, 3.63) is 16.3 Å². The summed E-state index contributed by atoms with van der Waals surface area (Å²) in [6, 6.07) is 1.69. The maximum Gasteiger partial charge on any atom is 0.261 e. The number of thiophene rings is 1. The van der Waals surface area contributed by atoms with Gasteiger partial charge in [-0.1, -0.05) is 13.3 Å². The number of amides is 1. The van der Waals surface area contributed by atoms with Crippen molar-refractivity contribution in [2.24, 2.45) is 0 Å². The molecule has 0 aromatic carbocycles. The van der Waals surface area contributed by atoms with Crippen molar-refractivity contribution in [1.29, 1.82) is 0 Å². The maximum absolute atomic E-state index is 11.6. The molecule has 1 unspecified atom stereocenters. The summed E-state index contributed by atoms with van der Waals surface area (Å²) in [6.07, 6.45) is 1.15. The smallest absolute Gasteiger partial charge is 0.261 e. The fourth-order valence-electron chi connectivity index (χ4n) is 1.28. The highest BCUT2D eigenvalue weighted by atomic mass is 32.1. The molecule has 0 saturated carbocycles. The zero-order chi connectivity index (χ0) is 12.0. The number of aliphatic hydroxyl groups is 1. The van der Waals surface area contributed by atoms with Gasteiger partial charge >= 0.3 is 0 Å². The highest BCUT2D eigenvalue weighted by molar-refractivity contribution is 7.12. The second-order valence-corrected chi connectivity index (χ2v) is 4.41. The molecule has 0 radical (unpaired) electrons. The first kappa shape index (κ1) is 13.0. The molecule has 5 heteroatoms. The van der Waals surface area contributed by atoms with E-state index in [1.165, 1.54) is 11.3 Å². The molecule has 0 fully saturated rings. The van der Waals surface area contributed by atoms with E-state index in [1.807, 2.05) is 6.92 Å². The Kier molecular flexibility index (Phi) is 5.28.